The van der Waals surface area contributed by atoms with Gasteiger partial charge in [-0.25, -0.2) is 9.59 Å². The van der Waals surface area contributed by atoms with E-state index in [-0.39, 0.29) is 5.63 Å². The highest BCUT2D eigenvalue weighted by Gasteiger charge is 2.20. The van der Waals surface area contributed by atoms with Gasteiger partial charge in [0, 0.05) is 27.7 Å². The Morgan fingerprint density at radius 3 is 2.80 bits per heavy atom. The van der Waals surface area contributed by atoms with Crippen LogP contribution in [0.15, 0.2) is 51.7 Å². The van der Waals surface area contributed by atoms with Gasteiger partial charge in [0.2, 0.25) is 0 Å². The number of carbonyl (C=O) groups excluding carboxylic acids is 1. The minimum absolute atomic E-state index is 0.299. The van der Waals surface area contributed by atoms with Crippen LogP contribution in [-0.2, 0) is 12.8 Å². The average molecular weight is 356 g/mol. The third-order valence-electron chi connectivity index (χ3n) is 4.23. The maximum absolute atomic E-state index is 12.0. The number of hydrogen-bond acceptors (Lipinski definition) is 4. The van der Waals surface area contributed by atoms with E-state index < -0.39 is 6.09 Å². The Kier molecular flexibility index (Phi) is 3.93. The predicted octanol–water partition coefficient (Wildman–Crippen LogP) is 4.55. The van der Waals surface area contributed by atoms with Gasteiger partial charge in [0.1, 0.15) is 11.3 Å². The molecule has 0 aliphatic heterocycles. The van der Waals surface area contributed by atoms with Gasteiger partial charge < -0.3 is 9.15 Å². The molecule has 0 atom stereocenters. The van der Waals surface area contributed by atoms with Crippen molar-refractivity contribution in [3.05, 3.63) is 69.0 Å². The van der Waals surface area contributed by atoms with Crippen LogP contribution in [0.25, 0.3) is 11.0 Å². The Morgan fingerprint density at radius 2 is 1.96 bits per heavy atom. The molecule has 1 amide bonds. The van der Waals surface area contributed by atoms with E-state index in [0.717, 1.165) is 35.8 Å². The lowest BCUT2D eigenvalue weighted by molar-refractivity contribution is 0.215. The van der Waals surface area contributed by atoms with Crippen LogP contribution in [0.1, 0.15) is 17.5 Å². The highest BCUT2D eigenvalue weighted by molar-refractivity contribution is 6.30. The van der Waals surface area contributed by atoms with Crippen molar-refractivity contribution in [3.8, 4) is 5.75 Å². The molecule has 0 radical (unpaired) electrons. The molecule has 0 saturated carbocycles. The molecule has 3 aromatic rings. The Balaban J connectivity index is 1.59. The maximum atomic E-state index is 12.0. The fourth-order valence-corrected chi connectivity index (χ4v) is 3.33. The first-order valence-corrected chi connectivity index (χ1v) is 8.31. The quantitative estimate of drug-likeness (QED) is 0.685. The van der Waals surface area contributed by atoms with Gasteiger partial charge in [0.25, 0.3) is 0 Å². The van der Waals surface area contributed by atoms with Crippen molar-refractivity contribution in [2.24, 2.45) is 0 Å². The Labute approximate surface area is 148 Å². The van der Waals surface area contributed by atoms with E-state index >= 15 is 0 Å². The van der Waals surface area contributed by atoms with Crippen LogP contribution in [0.5, 0.6) is 5.75 Å². The van der Waals surface area contributed by atoms with E-state index in [1.165, 1.54) is 0 Å². The van der Waals surface area contributed by atoms with E-state index in [1.807, 2.05) is 6.07 Å². The molecule has 25 heavy (non-hydrogen) atoms. The van der Waals surface area contributed by atoms with Gasteiger partial charge in [0.15, 0.2) is 0 Å². The van der Waals surface area contributed by atoms with Crippen LogP contribution >= 0.6 is 11.6 Å². The lowest BCUT2D eigenvalue weighted by Crippen LogP contribution is -2.16. The zero-order chi connectivity index (χ0) is 17.4. The summed E-state index contributed by atoms with van der Waals surface area (Å²) in [4.78, 5) is 24.0. The van der Waals surface area contributed by atoms with Crippen molar-refractivity contribution in [1.82, 2.24) is 0 Å². The Bertz CT molecular complexity index is 1040. The summed E-state index contributed by atoms with van der Waals surface area (Å²) in [6, 6.07) is 11.8. The minimum atomic E-state index is -0.648. The molecule has 0 fully saturated rings. The molecule has 1 aromatic heterocycles. The highest BCUT2D eigenvalue weighted by atomic mass is 35.5. The topological polar surface area (TPSA) is 68.5 Å². The molecular formula is C19H14ClNO4. The zero-order valence-electron chi connectivity index (χ0n) is 13.2. The molecule has 6 heteroatoms. The SMILES string of the molecule is O=C(Nc1cccc(Cl)c1)Oc1ccc2c3c(c(=O)oc2c1)CCC3. The largest absolute Gasteiger partial charge is 0.422 e. The number of fused-ring (bicyclic) bond motifs is 3. The smallest absolute Gasteiger partial charge is 0.417 e. The van der Waals surface area contributed by atoms with E-state index in [2.05, 4.69) is 5.32 Å². The second-order valence-electron chi connectivity index (χ2n) is 5.88. The van der Waals surface area contributed by atoms with Crippen molar-refractivity contribution >= 4 is 34.4 Å². The van der Waals surface area contributed by atoms with Crippen LogP contribution in [-0.4, -0.2) is 6.09 Å². The Morgan fingerprint density at radius 1 is 1.12 bits per heavy atom. The molecule has 0 saturated heterocycles. The summed E-state index contributed by atoms with van der Waals surface area (Å²) in [6.07, 6.45) is 1.94. The first-order chi connectivity index (χ1) is 12.1. The van der Waals surface area contributed by atoms with E-state index in [1.54, 1.807) is 36.4 Å². The van der Waals surface area contributed by atoms with Crippen molar-refractivity contribution in [1.29, 1.82) is 0 Å². The van der Waals surface area contributed by atoms with E-state index in [4.69, 9.17) is 20.8 Å². The molecule has 4 rings (SSSR count). The lowest BCUT2D eigenvalue weighted by atomic mass is 10.1. The number of ether oxygens (including phenoxy) is 1. The summed E-state index contributed by atoms with van der Waals surface area (Å²) in [7, 11) is 0. The number of benzene rings is 2. The van der Waals surface area contributed by atoms with E-state index in [9.17, 15) is 9.59 Å². The number of amides is 1. The highest BCUT2D eigenvalue weighted by Crippen LogP contribution is 2.29. The van der Waals surface area contributed by atoms with Crippen LogP contribution < -0.4 is 15.7 Å². The molecule has 5 nitrogen and oxygen atoms in total. The van der Waals surface area contributed by atoms with Gasteiger partial charge in [-0.2, -0.15) is 0 Å². The maximum Gasteiger partial charge on any atom is 0.417 e. The molecule has 1 N–H and O–H groups in total. The normalized spacial score (nSPS) is 12.8. The monoisotopic (exact) mass is 355 g/mol. The van der Waals surface area contributed by atoms with E-state index in [0.29, 0.717) is 22.0 Å². The van der Waals surface area contributed by atoms with Gasteiger partial charge in [0.05, 0.1) is 0 Å². The van der Waals surface area contributed by atoms with Crippen molar-refractivity contribution in [2.75, 3.05) is 5.32 Å². The van der Waals surface area contributed by atoms with Crippen molar-refractivity contribution in [3.63, 3.8) is 0 Å². The fraction of sp³-hybridized carbons (Fsp3) is 0.158. The molecule has 1 aliphatic rings. The second-order valence-corrected chi connectivity index (χ2v) is 6.32. The predicted molar refractivity (Wildman–Crippen MR) is 95.6 cm³/mol. The summed E-state index contributed by atoms with van der Waals surface area (Å²) in [6.45, 7) is 0. The van der Waals surface area contributed by atoms with Gasteiger partial charge in [-0.15, -0.1) is 0 Å². The molecule has 0 bridgehead atoms. The summed E-state index contributed by atoms with van der Waals surface area (Å²) < 4.78 is 10.6. The number of anilines is 1. The number of carbonyl (C=O) groups is 1. The van der Waals surface area contributed by atoms with Crippen LogP contribution in [0.4, 0.5) is 10.5 Å². The summed E-state index contributed by atoms with van der Waals surface area (Å²) >= 11 is 5.88. The minimum Gasteiger partial charge on any atom is -0.422 e. The van der Waals surface area contributed by atoms with Crippen molar-refractivity contribution in [2.45, 2.75) is 19.3 Å². The average Bonchev–Trinajstić information content (AvgIpc) is 3.05. The van der Waals surface area contributed by atoms with Crippen LogP contribution in [0.3, 0.4) is 0 Å². The first-order valence-electron chi connectivity index (χ1n) is 7.93. The van der Waals surface area contributed by atoms with Gasteiger partial charge in [-0.3, -0.25) is 5.32 Å². The molecule has 0 spiro atoms. The Hall–Kier alpha value is -2.79. The number of hydrogen-bond donors (Lipinski definition) is 1. The second kappa shape index (κ2) is 6.26. The van der Waals surface area contributed by atoms with Crippen LogP contribution in [0, 0.1) is 0 Å². The van der Waals surface area contributed by atoms with Gasteiger partial charge in [-0.05, 0) is 55.2 Å². The fourth-order valence-electron chi connectivity index (χ4n) is 3.14. The van der Waals surface area contributed by atoms with Crippen LogP contribution in [0.2, 0.25) is 5.02 Å². The van der Waals surface area contributed by atoms with Gasteiger partial charge in [-0.1, -0.05) is 17.7 Å². The summed E-state index contributed by atoms with van der Waals surface area (Å²) in [5.74, 6) is 0.299. The summed E-state index contributed by atoms with van der Waals surface area (Å²) in [5.41, 5.74) is 2.46. The molecule has 2 aromatic carbocycles. The molecule has 1 heterocycles. The molecule has 1 aliphatic carbocycles. The third-order valence-corrected chi connectivity index (χ3v) is 4.46. The zero-order valence-corrected chi connectivity index (χ0v) is 13.9. The molecule has 0 unspecified atom stereocenters. The number of rotatable bonds is 2. The summed E-state index contributed by atoms with van der Waals surface area (Å²) in [5, 5.41) is 4.01. The number of halogens is 1. The number of aryl methyl sites for hydroxylation is 1. The standard InChI is InChI=1S/C19H14ClNO4/c20-11-3-1-4-12(9-11)21-19(23)24-13-7-8-15-14-5-2-6-16(14)18(22)25-17(15)10-13/h1,3-4,7-10H,2,5-6H2,(H,21,23). The van der Waals surface area contributed by atoms with Crippen molar-refractivity contribution < 1.29 is 13.9 Å². The molecule has 126 valence electrons. The van der Waals surface area contributed by atoms with Gasteiger partial charge >= 0.3 is 11.7 Å². The first kappa shape index (κ1) is 15.7. The third kappa shape index (κ3) is 3.10. The lowest BCUT2D eigenvalue weighted by Gasteiger charge is -2.08. The molecular weight excluding hydrogens is 342 g/mol. The number of nitrogens with one attached hydrogen (secondary N) is 1.